The van der Waals surface area contributed by atoms with Gasteiger partial charge in [-0.15, -0.1) is 12.4 Å². The fourth-order valence-corrected chi connectivity index (χ4v) is 3.35. The molecule has 0 saturated carbocycles. The molecule has 3 nitrogen and oxygen atoms in total. The Morgan fingerprint density at radius 2 is 1.25 bits per heavy atom. The van der Waals surface area contributed by atoms with E-state index in [2.05, 4.69) is 53.8 Å². The van der Waals surface area contributed by atoms with Gasteiger partial charge in [0.2, 0.25) is 0 Å². The predicted octanol–water partition coefficient (Wildman–Crippen LogP) is 6.62. The zero-order valence-electron chi connectivity index (χ0n) is 15.0. The highest BCUT2D eigenvalue weighted by atomic mass is 35.5. The van der Waals surface area contributed by atoms with Gasteiger partial charge in [-0.05, 0) is 23.6 Å². The van der Waals surface area contributed by atoms with Crippen LogP contribution in [0.2, 0.25) is 0 Å². The molecule has 0 unspecified atom stereocenters. The summed E-state index contributed by atoms with van der Waals surface area (Å²) in [6.07, 6.45) is 0. The molecular formula is C24H18ClN3. The number of nitrogens with zero attached hydrogens (tertiary/aromatic N) is 2. The van der Waals surface area contributed by atoms with Gasteiger partial charge in [0.1, 0.15) is 5.82 Å². The number of para-hydroxylation sites is 1. The van der Waals surface area contributed by atoms with Gasteiger partial charge in [-0.1, -0.05) is 78.9 Å². The normalized spacial score (nSPS) is 10.6. The molecular weight excluding hydrogens is 366 g/mol. The fourth-order valence-electron chi connectivity index (χ4n) is 3.35. The third-order valence-electron chi connectivity index (χ3n) is 4.68. The highest BCUT2D eigenvalue weighted by molar-refractivity contribution is 5.99. The van der Waals surface area contributed by atoms with Gasteiger partial charge in [-0.25, -0.2) is 9.97 Å². The second-order valence-corrected chi connectivity index (χ2v) is 6.43. The Morgan fingerprint density at radius 1 is 0.571 bits per heavy atom. The first-order chi connectivity index (χ1) is 13.4. The van der Waals surface area contributed by atoms with E-state index in [9.17, 15) is 0 Å². The van der Waals surface area contributed by atoms with Gasteiger partial charge in [-0.3, -0.25) is 0 Å². The Hall–Kier alpha value is -3.43. The SMILES string of the molecule is Cl.c1ccc(-c2nc(Nc3cccc4ccccc34)c3ccccc3n2)cc1. The molecule has 1 heterocycles. The van der Waals surface area contributed by atoms with E-state index in [0.29, 0.717) is 0 Å². The van der Waals surface area contributed by atoms with Crippen LogP contribution in [0.5, 0.6) is 0 Å². The summed E-state index contributed by atoms with van der Waals surface area (Å²) in [6.45, 7) is 0. The third kappa shape index (κ3) is 3.28. The van der Waals surface area contributed by atoms with Crippen molar-refractivity contribution < 1.29 is 0 Å². The molecule has 1 aromatic heterocycles. The predicted molar refractivity (Wildman–Crippen MR) is 119 cm³/mol. The van der Waals surface area contributed by atoms with Crippen LogP contribution < -0.4 is 5.32 Å². The Bertz CT molecular complexity index is 1250. The Labute approximate surface area is 169 Å². The average molecular weight is 384 g/mol. The minimum Gasteiger partial charge on any atom is -0.339 e. The lowest BCUT2D eigenvalue weighted by Crippen LogP contribution is -1.99. The maximum atomic E-state index is 4.85. The summed E-state index contributed by atoms with van der Waals surface area (Å²) in [5.74, 6) is 1.54. The third-order valence-corrected chi connectivity index (χ3v) is 4.68. The van der Waals surface area contributed by atoms with Gasteiger partial charge in [0.05, 0.1) is 5.52 Å². The summed E-state index contributed by atoms with van der Waals surface area (Å²) in [5.41, 5.74) is 2.97. The molecule has 0 bridgehead atoms. The van der Waals surface area contributed by atoms with Gasteiger partial charge in [-0.2, -0.15) is 0 Å². The molecule has 0 spiro atoms. The number of fused-ring (bicyclic) bond motifs is 2. The van der Waals surface area contributed by atoms with Crippen molar-refractivity contribution in [3.63, 3.8) is 0 Å². The Balaban J connectivity index is 0.00000192. The van der Waals surface area contributed by atoms with Crippen LogP contribution in [0.4, 0.5) is 11.5 Å². The van der Waals surface area contributed by atoms with E-state index in [4.69, 9.17) is 9.97 Å². The minimum absolute atomic E-state index is 0. The lowest BCUT2D eigenvalue weighted by atomic mass is 10.1. The highest BCUT2D eigenvalue weighted by Crippen LogP contribution is 2.30. The summed E-state index contributed by atoms with van der Waals surface area (Å²) in [4.78, 5) is 9.61. The number of benzene rings is 4. The van der Waals surface area contributed by atoms with E-state index in [1.807, 2.05) is 48.5 Å². The van der Waals surface area contributed by atoms with Crippen LogP contribution in [0, 0.1) is 0 Å². The van der Waals surface area contributed by atoms with Gasteiger partial charge in [0.25, 0.3) is 0 Å². The van der Waals surface area contributed by atoms with Gasteiger partial charge in [0, 0.05) is 22.0 Å². The summed E-state index contributed by atoms with van der Waals surface area (Å²) in [6, 6.07) is 32.8. The lowest BCUT2D eigenvalue weighted by molar-refractivity contribution is 1.22. The lowest BCUT2D eigenvalue weighted by Gasteiger charge is -2.13. The molecule has 4 aromatic carbocycles. The molecule has 0 aliphatic rings. The van der Waals surface area contributed by atoms with Crippen molar-refractivity contribution in [2.75, 3.05) is 5.32 Å². The van der Waals surface area contributed by atoms with Crippen molar-refractivity contribution in [2.24, 2.45) is 0 Å². The van der Waals surface area contributed by atoms with Crippen molar-refractivity contribution in [2.45, 2.75) is 0 Å². The number of aromatic nitrogens is 2. The second kappa shape index (κ2) is 7.67. The van der Waals surface area contributed by atoms with Crippen molar-refractivity contribution in [3.05, 3.63) is 97.1 Å². The first-order valence-corrected chi connectivity index (χ1v) is 8.95. The van der Waals surface area contributed by atoms with E-state index in [-0.39, 0.29) is 12.4 Å². The van der Waals surface area contributed by atoms with Crippen LogP contribution in [0.3, 0.4) is 0 Å². The number of anilines is 2. The number of rotatable bonds is 3. The molecule has 0 amide bonds. The minimum atomic E-state index is 0. The van der Waals surface area contributed by atoms with Crippen LogP contribution in [-0.2, 0) is 0 Å². The quantitative estimate of drug-likeness (QED) is 0.380. The van der Waals surface area contributed by atoms with E-state index >= 15 is 0 Å². The largest absolute Gasteiger partial charge is 0.339 e. The standard InChI is InChI=1S/C24H17N3.ClH/c1-2-10-18(11-3-1)23-25-22-15-7-6-14-20(22)24(27-23)26-21-16-8-12-17-9-4-5-13-19(17)21;/h1-16H,(H,25,26,27);1H. The monoisotopic (exact) mass is 383 g/mol. The molecule has 0 aliphatic heterocycles. The van der Waals surface area contributed by atoms with Crippen molar-refractivity contribution in [3.8, 4) is 11.4 Å². The molecule has 136 valence electrons. The summed E-state index contributed by atoms with van der Waals surface area (Å²) < 4.78 is 0. The molecule has 4 heteroatoms. The zero-order chi connectivity index (χ0) is 18.1. The smallest absolute Gasteiger partial charge is 0.162 e. The van der Waals surface area contributed by atoms with Crippen LogP contribution >= 0.6 is 12.4 Å². The summed E-state index contributed by atoms with van der Waals surface area (Å²) in [7, 11) is 0. The van der Waals surface area contributed by atoms with Crippen LogP contribution in [0.1, 0.15) is 0 Å². The average Bonchev–Trinajstić information content (AvgIpc) is 2.74. The molecule has 5 rings (SSSR count). The second-order valence-electron chi connectivity index (χ2n) is 6.43. The maximum Gasteiger partial charge on any atom is 0.162 e. The molecule has 0 fully saturated rings. The first kappa shape index (κ1) is 18.0. The van der Waals surface area contributed by atoms with Crippen molar-refractivity contribution >= 4 is 45.6 Å². The van der Waals surface area contributed by atoms with Crippen LogP contribution in [0.25, 0.3) is 33.1 Å². The Morgan fingerprint density at radius 3 is 2.11 bits per heavy atom. The van der Waals surface area contributed by atoms with E-state index in [0.717, 1.165) is 33.8 Å². The molecule has 0 aliphatic carbocycles. The number of halogens is 1. The van der Waals surface area contributed by atoms with Gasteiger partial charge < -0.3 is 5.32 Å². The number of hydrogen-bond donors (Lipinski definition) is 1. The molecule has 0 atom stereocenters. The van der Waals surface area contributed by atoms with E-state index in [1.165, 1.54) is 10.8 Å². The molecule has 0 saturated heterocycles. The zero-order valence-corrected chi connectivity index (χ0v) is 15.9. The fraction of sp³-hybridized carbons (Fsp3) is 0. The first-order valence-electron chi connectivity index (χ1n) is 8.95. The maximum absolute atomic E-state index is 4.85. The van der Waals surface area contributed by atoms with Crippen LogP contribution in [-0.4, -0.2) is 9.97 Å². The van der Waals surface area contributed by atoms with Gasteiger partial charge in [0.15, 0.2) is 5.82 Å². The molecule has 0 radical (unpaired) electrons. The van der Waals surface area contributed by atoms with E-state index < -0.39 is 0 Å². The summed E-state index contributed by atoms with van der Waals surface area (Å²) >= 11 is 0. The molecule has 1 N–H and O–H groups in total. The van der Waals surface area contributed by atoms with Gasteiger partial charge >= 0.3 is 0 Å². The number of hydrogen-bond acceptors (Lipinski definition) is 3. The van der Waals surface area contributed by atoms with Crippen molar-refractivity contribution in [1.82, 2.24) is 9.97 Å². The Kier molecular flexibility index (Phi) is 4.92. The van der Waals surface area contributed by atoms with Crippen LogP contribution in [0.15, 0.2) is 97.1 Å². The molecule has 5 aromatic rings. The topological polar surface area (TPSA) is 37.8 Å². The number of nitrogens with one attached hydrogen (secondary N) is 1. The van der Waals surface area contributed by atoms with Crippen molar-refractivity contribution in [1.29, 1.82) is 0 Å². The highest BCUT2D eigenvalue weighted by Gasteiger charge is 2.10. The summed E-state index contributed by atoms with van der Waals surface area (Å²) in [5, 5.41) is 6.92. The van der Waals surface area contributed by atoms with E-state index in [1.54, 1.807) is 0 Å². The molecule has 28 heavy (non-hydrogen) atoms.